The molecule has 1 saturated heterocycles. The Labute approximate surface area is 188 Å². The van der Waals surface area contributed by atoms with Crippen molar-refractivity contribution in [3.8, 4) is 5.75 Å². The second kappa shape index (κ2) is 9.45. The Morgan fingerprint density at radius 2 is 1.88 bits per heavy atom. The van der Waals surface area contributed by atoms with Gasteiger partial charge in [-0.3, -0.25) is 10.1 Å². The zero-order chi connectivity index (χ0) is 23.5. The number of ether oxygens (including phenoxy) is 1. The number of nitrogens with two attached hydrogens (primary N) is 1. The summed E-state index contributed by atoms with van der Waals surface area (Å²) in [7, 11) is -4.22. The molecule has 2 aromatic rings. The predicted octanol–water partition coefficient (Wildman–Crippen LogP) is 4.14. The van der Waals surface area contributed by atoms with E-state index < -0.39 is 21.8 Å². The second-order valence-electron chi connectivity index (χ2n) is 7.41. The van der Waals surface area contributed by atoms with Crippen LogP contribution in [0.15, 0.2) is 47.4 Å². The van der Waals surface area contributed by atoms with Crippen LogP contribution < -0.4 is 15.2 Å². The van der Waals surface area contributed by atoms with Gasteiger partial charge in [-0.2, -0.15) is 13.2 Å². The van der Waals surface area contributed by atoms with E-state index in [1.165, 1.54) is 24.3 Å². The molecule has 12 heteroatoms. The van der Waals surface area contributed by atoms with Crippen molar-refractivity contribution >= 4 is 33.3 Å². The number of piperidine rings is 1. The van der Waals surface area contributed by atoms with Crippen molar-refractivity contribution in [3.05, 3.63) is 53.1 Å². The molecule has 174 valence electrons. The third-order valence-electron chi connectivity index (χ3n) is 5.05. The van der Waals surface area contributed by atoms with Gasteiger partial charge in [-0.05, 0) is 43.0 Å². The monoisotopic (exact) mass is 490 g/mol. The molecule has 0 bridgehead atoms. The molecule has 1 aliphatic rings. The highest BCUT2D eigenvalue weighted by Gasteiger charge is 2.32. The van der Waals surface area contributed by atoms with E-state index in [9.17, 15) is 21.6 Å². The Morgan fingerprint density at radius 1 is 1.22 bits per heavy atom. The van der Waals surface area contributed by atoms with Gasteiger partial charge in [0.25, 0.3) is 10.0 Å². The van der Waals surface area contributed by atoms with Gasteiger partial charge in [-0.1, -0.05) is 23.7 Å². The van der Waals surface area contributed by atoms with E-state index in [4.69, 9.17) is 27.5 Å². The Morgan fingerprint density at radius 3 is 2.47 bits per heavy atom. The third-order valence-corrected chi connectivity index (χ3v) is 6.93. The molecular formula is C20H22ClF3N4O3S. The molecule has 0 amide bonds. The molecule has 1 heterocycles. The Balaban J connectivity index is 1.78. The first-order chi connectivity index (χ1) is 15.0. The number of sulfonamides is 1. The van der Waals surface area contributed by atoms with E-state index in [0.29, 0.717) is 32.0 Å². The molecule has 4 N–H and O–H groups in total. The fourth-order valence-corrected chi connectivity index (χ4v) is 4.89. The topological polar surface area (TPSA) is 109 Å². The number of rotatable bonds is 6. The summed E-state index contributed by atoms with van der Waals surface area (Å²) in [6.45, 7) is 1.29. The summed E-state index contributed by atoms with van der Waals surface area (Å²) in [6, 6.07) is 8.35. The molecule has 1 aliphatic heterocycles. The summed E-state index contributed by atoms with van der Waals surface area (Å²) in [5.74, 6) is -0.0493. The fraction of sp³-hybridized carbons (Fsp3) is 0.350. The molecule has 0 aromatic heterocycles. The molecule has 1 fully saturated rings. The number of anilines is 1. The van der Waals surface area contributed by atoms with Crippen molar-refractivity contribution in [2.45, 2.75) is 23.9 Å². The van der Waals surface area contributed by atoms with E-state index in [-0.39, 0.29) is 39.8 Å². The fourth-order valence-electron chi connectivity index (χ4n) is 3.33. The SMILES string of the molecule is N=C(N)N1CCC(COc2cc(NS(=O)(=O)c3ccccc3Cl)cc(C(F)(F)F)c2)CC1. The zero-order valence-corrected chi connectivity index (χ0v) is 18.4. The molecule has 0 atom stereocenters. The number of hydrogen-bond donors (Lipinski definition) is 3. The van der Waals surface area contributed by atoms with Gasteiger partial charge in [0.05, 0.1) is 22.9 Å². The van der Waals surface area contributed by atoms with Crippen molar-refractivity contribution in [1.82, 2.24) is 4.90 Å². The molecular weight excluding hydrogens is 469 g/mol. The second-order valence-corrected chi connectivity index (χ2v) is 9.46. The zero-order valence-electron chi connectivity index (χ0n) is 16.8. The Bertz CT molecular complexity index is 1090. The maximum Gasteiger partial charge on any atom is 0.416 e. The number of guanidine groups is 1. The van der Waals surface area contributed by atoms with Gasteiger partial charge < -0.3 is 15.4 Å². The summed E-state index contributed by atoms with van der Waals surface area (Å²) in [6.07, 6.45) is -3.36. The van der Waals surface area contributed by atoms with Crippen LogP contribution in [0.1, 0.15) is 18.4 Å². The first kappa shape index (κ1) is 24.0. The van der Waals surface area contributed by atoms with Gasteiger partial charge in [-0.25, -0.2) is 8.42 Å². The van der Waals surface area contributed by atoms with Gasteiger partial charge in [0.2, 0.25) is 0 Å². The highest BCUT2D eigenvalue weighted by atomic mass is 35.5. The van der Waals surface area contributed by atoms with Crippen molar-refractivity contribution in [2.24, 2.45) is 11.7 Å². The van der Waals surface area contributed by atoms with Crippen LogP contribution in [0.2, 0.25) is 5.02 Å². The van der Waals surface area contributed by atoms with Gasteiger partial charge in [-0.15, -0.1) is 0 Å². The average molecular weight is 491 g/mol. The number of benzene rings is 2. The van der Waals surface area contributed by atoms with Crippen LogP contribution in [0.4, 0.5) is 18.9 Å². The lowest BCUT2D eigenvalue weighted by atomic mass is 9.98. The molecule has 0 radical (unpaired) electrons. The van der Waals surface area contributed by atoms with Crippen LogP contribution in [0.3, 0.4) is 0 Å². The molecule has 3 rings (SSSR count). The first-order valence-corrected chi connectivity index (χ1v) is 11.5. The van der Waals surface area contributed by atoms with Crippen LogP contribution in [-0.2, 0) is 16.2 Å². The van der Waals surface area contributed by atoms with E-state index in [0.717, 1.165) is 6.07 Å². The number of nitrogens with one attached hydrogen (secondary N) is 2. The van der Waals surface area contributed by atoms with Crippen LogP contribution in [0.5, 0.6) is 5.75 Å². The summed E-state index contributed by atoms with van der Waals surface area (Å²) in [5, 5.41) is 7.39. The summed E-state index contributed by atoms with van der Waals surface area (Å²) < 4.78 is 73.2. The number of likely N-dealkylation sites (tertiary alicyclic amines) is 1. The molecule has 0 spiro atoms. The molecule has 2 aromatic carbocycles. The Kier molecular flexibility index (Phi) is 7.09. The van der Waals surface area contributed by atoms with Gasteiger partial charge >= 0.3 is 6.18 Å². The molecule has 0 unspecified atom stereocenters. The Hall–Kier alpha value is -2.66. The van der Waals surface area contributed by atoms with E-state index >= 15 is 0 Å². The van der Waals surface area contributed by atoms with Crippen LogP contribution in [0.25, 0.3) is 0 Å². The van der Waals surface area contributed by atoms with Crippen molar-refractivity contribution in [3.63, 3.8) is 0 Å². The normalized spacial score (nSPS) is 15.4. The highest BCUT2D eigenvalue weighted by molar-refractivity contribution is 7.92. The number of halogens is 4. The lowest BCUT2D eigenvalue weighted by Crippen LogP contribution is -2.43. The first-order valence-electron chi connectivity index (χ1n) is 9.67. The maximum absolute atomic E-state index is 13.4. The van der Waals surface area contributed by atoms with Crippen LogP contribution in [-0.4, -0.2) is 39.0 Å². The molecule has 32 heavy (non-hydrogen) atoms. The van der Waals surface area contributed by atoms with E-state index in [2.05, 4.69) is 4.72 Å². The minimum absolute atomic E-state index is 0.0160. The van der Waals surface area contributed by atoms with Gasteiger partial charge in [0, 0.05) is 19.2 Å². The molecule has 0 aliphatic carbocycles. The van der Waals surface area contributed by atoms with Crippen molar-refractivity contribution in [1.29, 1.82) is 5.41 Å². The minimum Gasteiger partial charge on any atom is -0.493 e. The average Bonchev–Trinajstić information content (AvgIpc) is 2.71. The lowest BCUT2D eigenvalue weighted by Gasteiger charge is -2.32. The standard InChI is InChI=1S/C20H22ClF3N4O3S/c21-17-3-1-2-4-18(17)32(29,30)27-15-9-14(20(22,23)24)10-16(11-15)31-12-13-5-7-28(8-6-13)19(25)26/h1-4,9-11,13,27H,5-8,12H2,(H3,25,26). The summed E-state index contributed by atoms with van der Waals surface area (Å²) in [4.78, 5) is 1.46. The van der Waals surface area contributed by atoms with Crippen molar-refractivity contribution in [2.75, 3.05) is 24.4 Å². The highest BCUT2D eigenvalue weighted by Crippen LogP contribution is 2.35. The molecule has 7 nitrogen and oxygen atoms in total. The molecule has 0 saturated carbocycles. The number of hydrogen-bond acceptors (Lipinski definition) is 4. The quantitative estimate of drug-likeness (QED) is 0.416. The lowest BCUT2D eigenvalue weighted by molar-refractivity contribution is -0.137. The number of alkyl halides is 3. The minimum atomic E-state index is -4.70. The van der Waals surface area contributed by atoms with Crippen LogP contribution >= 0.6 is 11.6 Å². The van der Waals surface area contributed by atoms with E-state index in [1.54, 1.807) is 11.0 Å². The predicted molar refractivity (Wildman–Crippen MR) is 115 cm³/mol. The van der Waals surface area contributed by atoms with Gasteiger partial charge in [0.1, 0.15) is 10.6 Å². The largest absolute Gasteiger partial charge is 0.493 e. The summed E-state index contributed by atoms with van der Waals surface area (Å²) >= 11 is 5.93. The van der Waals surface area contributed by atoms with Crippen molar-refractivity contribution < 1.29 is 26.3 Å². The third kappa shape index (κ3) is 5.98. The van der Waals surface area contributed by atoms with E-state index in [1.807, 2.05) is 0 Å². The maximum atomic E-state index is 13.4. The smallest absolute Gasteiger partial charge is 0.416 e. The summed E-state index contributed by atoms with van der Waals surface area (Å²) in [5.41, 5.74) is 4.13. The number of nitrogens with zero attached hydrogens (tertiary/aromatic N) is 1. The van der Waals surface area contributed by atoms with Gasteiger partial charge in [0.15, 0.2) is 5.96 Å². The van der Waals surface area contributed by atoms with Crippen LogP contribution in [0, 0.1) is 11.3 Å².